The van der Waals surface area contributed by atoms with Crippen LogP contribution in [0.4, 0.5) is 4.39 Å². The van der Waals surface area contributed by atoms with Gasteiger partial charge in [0.1, 0.15) is 0 Å². The molecule has 0 atom stereocenters. The highest BCUT2D eigenvalue weighted by Crippen LogP contribution is 2.09. The number of halogens is 1. The first-order valence-electron chi connectivity index (χ1n) is 3.75. The van der Waals surface area contributed by atoms with E-state index in [-0.39, 0.29) is 5.83 Å². The van der Waals surface area contributed by atoms with Crippen LogP contribution in [0, 0.1) is 0 Å². The Balaban J connectivity index is 4.08. The maximum atomic E-state index is 12.6. The van der Waals surface area contributed by atoms with Gasteiger partial charge in [0.05, 0.1) is 5.83 Å². The first kappa shape index (κ1) is 9.41. The van der Waals surface area contributed by atoms with E-state index in [9.17, 15) is 4.39 Å². The highest BCUT2D eigenvalue weighted by atomic mass is 19.1. The van der Waals surface area contributed by atoms with Crippen molar-refractivity contribution in [2.24, 2.45) is 0 Å². The summed E-state index contributed by atoms with van der Waals surface area (Å²) >= 11 is 0. The highest BCUT2D eigenvalue weighted by molar-refractivity contribution is 5.19. The number of hydrogen-bond donors (Lipinski definition) is 0. The molecule has 0 radical (unpaired) electrons. The lowest BCUT2D eigenvalue weighted by atomic mass is 10.1. The van der Waals surface area contributed by atoms with Gasteiger partial charge in [-0.15, -0.1) is 0 Å². The zero-order valence-electron chi connectivity index (χ0n) is 6.95. The van der Waals surface area contributed by atoms with Crippen LogP contribution in [0.15, 0.2) is 23.6 Å². The zero-order valence-corrected chi connectivity index (χ0v) is 6.95. The van der Waals surface area contributed by atoms with E-state index in [4.69, 9.17) is 0 Å². The van der Waals surface area contributed by atoms with Crippen molar-refractivity contribution in [3.05, 3.63) is 23.6 Å². The normalized spacial score (nSPS) is 14.0. The van der Waals surface area contributed by atoms with E-state index in [2.05, 4.69) is 0 Å². The fraction of sp³-hybridized carbons (Fsp3) is 0.556. The van der Waals surface area contributed by atoms with Crippen LogP contribution in [0.2, 0.25) is 0 Å². The maximum Gasteiger partial charge on any atom is 0.0999 e. The molecule has 0 aliphatic heterocycles. The molecule has 0 unspecified atom stereocenters. The van der Waals surface area contributed by atoms with Gasteiger partial charge < -0.3 is 0 Å². The van der Waals surface area contributed by atoms with Crippen LogP contribution in [0.3, 0.4) is 0 Å². The minimum Gasteiger partial charge on any atom is -0.212 e. The minimum absolute atomic E-state index is 0.0325. The lowest BCUT2D eigenvalue weighted by Crippen LogP contribution is -1.75. The number of rotatable bonds is 3. The first-order chi connectivity index (χ1) is 4.74. The lowest BCUT2D eigenvalue weighted by molar-refractivity contribution is 0.602. The molecule has 0 aromatic heterocycles. The summed E-state index contributed by atoms with van der Waals surface area (Å²) in [6.45, 7) is 5.77. The second kappa shape index (κ2) is 5.21. The summed E-state index contributed by atoms with van der Waals surface area (Å²) in [7, 11) is 0. The molecule has 0 fully saturated rings. The summed E-state index contributed by atoms with van der Waals surface area (Å²) in [6.07, 6.45) is 4.95. The van der Waals surface area contributed by atoms with Crippen molar-refractivity contribution < 1.29 is 4.39 Å². The summed E-state index contributed by atoms with van der Waals surface area (Å²) in [6, 6.07) is 0. The molecule has 0 heterocycles. The Labute approximate surface area is 62.4 Å². The smallest absolute Gasteiger partial charge is 0.0999 e. The van der Waals surface area contributed by atoms with Gasteiger partial charge in [0.15, 0.2) is 0 Å². The summed E-state index contributed by atoms with van der Waals surface area (Å²) in [5, 5.41) is 0. The molecule has 0 aromatic carbocycles. The molecule has 10 heavy (non-hydrogen) atoms. The van der Waals surface area contributed by atoms with E-state index in [1.54, 1.807) is 6.08 Å². The molecule has 0 aromatic rings. The Kier molecular flexibility index (Phi) is 4.91. The maximum absolute atomic E-state index is 12.6. The van der Waals surface area contributed by atoms with E-state index in [0.717, 1.165) is 12.0 Å². The van der Waals surface area contributed by atoms with E-state index < -0.39 is 0 Å². The van der Waals surface area contributed by atoms with Gasteiger partial charge in [0.2, 0.25) is 0 Å². The van der Waals surface area contributed by atoms with Gasteiger partial charge in [-0.25, -0.2) is 4.39 Å². The molecule has 58 valence electrons. The molecular weight excluding hydrogens is 127 g/mol. The fourth-order valence-electron chi connectivity index (χ4n) is 0.693. The molecule has 0 saturated heterocycles. The van der Waals surface area contributed by atoms with Gasteiger partial charge in [-0.2, -0.15) is 0 Å². The van der Waals surface area contributed by atoms with Crippen LogP contribution in [-0.4, -0.2) is 0 Å². The first-order valence-corrected chi connectivity index (χ1v) is 3.75. The van der Waals surface area contributed by atoms with Crippen molar-refractivity contribution in [1.82, 2.24) is 0 Å². The topological polar surface area (TPSA) is 0 Å². The monoisotopic (exact) mass is 142 g/mol. The predicted octanol–water partition coefficient (Wildman–Crippen LogP) is 3.61. The molecule has 0 aliphatic carbocycles. The van der Waals surface area contributed by atoms with Crippen molar-refractivity contribution in [2.45, 2.75) is 33.6 Å². The van der Waals surface area contributed by atoms with Crippen molar-refractivity contribution in [3.63, 3.8) is 0 Å². The average molecular weight is 142 g/mol. The Hall–Kier alpha value is -0.590. The Morgan fingerprint density at radius 1 is 1.30 bits per heavy atom. The third kappa shape index (κ3) is 3.44. The number of hydrogen-bond acceptors (Lipinski definition) is 0. The second-order valence-electron chi connectivity index (χ2n) is 2.16. The van der Waals surface area contributed by atoms with Gasteiger partial charge in [-0.3, -0.25) is 0 Å². The summed E-state index contributed by atoms with van der Waals surface area (Å²) in [4.78, 5) is 0. The summed E-state index contributed by atoms with van der Waals surface area (Å²) < 4.78 is 12.6. The van der Waals surface area contributed by atoms with Crippen LogP contribution in [0.25, 0.3) is 0 Å². The molecule has 1 heteroatoms. The van der Waals surface area contributed by atoms with E-state index >= 15 is 0 Å². The fourth-order valence-corrected chi connectivity index (χ4v) is 0.693. The molecule has 0 aliphatic rings. The SMILES string of the molecule is C/C=C(\C=C(\F)CC)CC. The molecule has 0 saturated carbocycles. The minimum atomic E-state index is -0.0325. The second-order valence-corrected chi connectivity index (χ2v) is 2.16. The van der Waals surface area contributed by atoms with E-state index in [1.165, 1.54) is 0 Å². The van der Waals surface area contributed by atoms with Crippen molar-refractivity contribution in [2.75, 3.05) is 0 Å². The largest absolute Gasteiger partial charge is 0.212 e. The molecule has 0 amide bonds. The molecular formula is C9H15F. The highest BCUT2D eigenvalue weighted by Gasteiger charge is 1.90. The molecule has 0 rings (SSSR count). The van der Waals surface area contributed by atoms with Crippen molar-refractivity contribution >= 4 is 0 Å². The van der Waals surface area contributed by atoms with Gasteiger partial charge >= 0.3 is 0 Å². The van der Waals surface area contributed by atoms with E-state index in [1.807, 2.05) is 26.8 Å². The Morgan fingerprint density at radius 3 is 2.20 bits per heavy atom. The lowest BCUT2D eigenvalue weighted by Gasteiger charge is -1.94. The quantitative estimate of drug-likeness (QED) is 0.528. The average Bonchev–Trinajstić information content (AvgIpc) is 1.99. The summed E-state index contributed by atoms with van der Waals surface area (Å²) in [5.74, 6) is -0.0325. The Morgan fingerprint density at radius 2 is 1.90 bits per heavy atom. The predicted molar refractivity (Wildman–Crippen MR) is 43.5 cm³/mol. The van der Waals surface area contributed by atoms with Gasteiger partial charge in [0, 0.05) is 0 Å². The molecule has 0 spiro atoms. The van der Waals surface area contributed by atoms with Gasteiger partial charge in [-0.1, -0.05) is 25.5 Å². The number of allylic oxidation sites excluding steroid dienone is 4. The molecule has 0 bridgehead atoms. The van der Waals surface area contributed by atoms with Crippen LogP contribution in [0.1, 0.15) is 33.6 Å². The zero-order chi connectivity index (χ0) is 7.98. The standard InChI is InChI=1S/C9H15F/c1-4-8(5-2)7-9(10)6-3/h4,7H,5-6H2,1-3H3/b8-4-,9-7+. The van der Waals surface area contributed by atoms with Crippen LogP contribution < -0.4 is 0 Å². The third-order valence-electron chi connectivity index (χ3n) is 1.46. The van der Waals surface area contributed by atoms with Crippen molar-refractivity contribution in [1.29, 1.82) is 0 Å². The van der Waals surface area contributed by atoms with E-state index in [0.29, 0.717) is 6.42 Å². The molecule has 0 nitrogen and oxygen atoms in total. The third-order valence-corrected chi connectivity index (χ3v) is 1.46. The van der Waals surface area contributed by atoms with Crippen LogP contribution in [0.5, 0.6) is 0 Å². The summed E-state index contributed by atoms with van der Waals surface area (Å²) in [5.41, 5.74) is 1.07. The van der Waals surface area contributed by atoms with Crippen LogP contribution >= 0.6 is 0 Å². The molecule has 0 N–H and O–H groups in total. The Bertz CT molecular complexity index is 143. The van der Waals surface area contributed by atoms with Gasteiger partial charge in [0.25, 0.3) is 0 Å². The van der Waals surface area contributed by atoms with Crippen molar-refractivity contribution in [3.8, 4) is 0 Å². The van der Waals surface area contributed by atoms with Gasteiger partial charge in [-0.05, 0) is 25.8 Å². The van der Waals surface area contributed by atoms with Crippen LogP contribution in [-0.2, 0) is 0 Å².